The Bertz CT molecular complexity index is 519. The van der Waals surface area contributed by atoms with Gasteiger partial charge >= 0.3 is 0 Å². The van der Waals surface area contributed by atoms with Crippen LogP contribution in [0.1, 0.15) is 25.2 Å². The fourth-order valence-corrected chi connectivity index (χ4v) is 2.15. The molecule has 0 atom stereocenters. The Kier molecular flexibility index (Phi) is 4.15. The number of nitrogens with one attached hydrogen (secondary N) is 1. The summed E-state index contributed by atoms with van der Waals surface area (Å²) < 4.78 is 6.41. The second-order valence-corrected chi connectivity index (χ2v) is 5.98. The van der Waals surface area contributed by atoms with Gasteiger partial charge in [0.25, 0.3) is 0 Å². The zero-order chi connectivity index (χ0) is 13.2. The van der Waals surface area contributed by atoms with E-state index in [1.807, 2.05) is 18.2 Å². The highest BCUT2D eigenvalue weighted by molar-refractivity contribution is 9.10. The second kappa shape index (κ2) is 5.47. The summed E-state index contributed by atoms with van der Waals surface area (Å²) in [5, 5.41) is 3.88. The molecule has 0 amide bonds. The number of hydrogen-bond donors (Lipinski definition) is 1. The van der Waals surface area contributed by atoms with Gasteiger partial charge in [0.2, 0.25) is 0 Å². The third-order valence-electron chi connectivity index (χ3n) is 2.90. The van der Waals surface area contributed by atoms with Crippen molar-refractivity contribution in [3.05, 3.63) is 57.4 Å². The van der Waals surface area contributed by atoms with Gasteiger partial charge in [-0.2, -0.15) is 0 Å². The highest BCUT2D eigenvalue weighted by Crippen LogP contribution is 2.23. The molecular formula is C14H15BrClNO. The second-order valence-electron chi connectivity index (χ2n) is 4.69. The zero-order valence-electron chi connectivity index (χ0n) is 10.3. The summed E-state index contributed by atoms with van der Waals surface area (Å²) >= 11 is 9.19. The molecule has 96 valence electrons. The molecule has 0 unspecified atom stereocenters. The smallest absolute Gasteiger partial charge is 0.193 e. The Hall–Kier alpha value is -0.770. The van der Waals surface area contributed by atoms with Gasteiger partial charge in [-0.3, -0.25) is 0 Å². The predicted octanol–water partition coefficient (Wildman–Crippen LogP) is 4.72. The molecule has 2 nitrogen and oxygen atoms in total. The van der Waals surface area contributed by atoms with Gasteiger partial charge in [-0.15, -0.1) is 0 Å². The van der Waals surface area contributed by atoms with Crippen molar-refractivity contribution in [2.24, 2.45) is 0 Å². The van der Waals surface area contributed by atoms with E-state index in [1.165, 1.54) is 5.56 Å². The average Bonchev–Trinajstić information content (AvgIpc) is 2.73. The topological polar surface area (TPSA) is 25.2 Å². The summed E-state index contributed by atoms with van der Waals surface area (Å²) in [5.74, 6) is 0.838. The van der Waals surface area contributed by atoms with Gasteiger partial charge in [0.1, 0.15) is 5.76 Å². The van der Waals surface area contributed by atoms with Crippen LogP contribution in [0.4, 0.5) is 0 Å². The van der Waals surface area contributed by atoms with Gasteiger partial charge in [-0.05, 0) is 55.3 Å². The average molecular weight is 329 g/mol. The molecule has 0 aliphatic rings. The predicted molar refractivity (Wildman–Crippen MR) is 77.7 cm³/mol. The third kappa shape index (κ3) is 3.37. The number of hydrogen-bond acceptors (Lipinski definition) is 2. The molecule has 0 aliphatic heterocycles. The molecule has 4 heteroatoms. The Labute approximate surface area is 120 Å². The van der Waals surface area contributed by atoms with Crippen molar-refractivity contribution in [2.45, 2.75) is 25.9 Å². The van der Waals surface area contributed by atoms with Crippen molar-refractivity contribution >= 4 is 27.5 Å². The van der Waals surface area contributed by atoms with Crippen LogP contribution in [0.2, 0.25) is 5.22 Å². The molecular weight excluding hydrogens is 314 g/mol. The highest BCUT2D eigenvalue weighted by atomic mass is 79.9. The van der Waals surface area contributed by atoms with E-state index in [4.69, 9.17) is 16.0 Å². The van der Waals surface area contributed by atoms with E-state index < -0.39 is 0 Å². The first-order chi connectivity index (χ1) is 8.47. The summed E-state index contributed by atoms with van der Waals surface area (Å²) in [5.41, 5.74) is 1.10. The number of halogens is 2. The van der Waals surface area contributed by atoms with Crippen LogP contribution in [-0.4, -0.2) is 0 Å². The van der Waals surface area contributed by atoms with Crippen molar-refractivity contribution < 1.29 is 4.42 Å². The third-order valence-corrected chi connectivity index (χ3v) is 3.63. The van der Waals surface area contributed by atoms with Crippen LogP contribution in [0.5, 0.6) is 0 Å². The number of benzene rings is 1. The minimum absolute atomic E-state index is 0.125. The summed E-state index contributed by atoms with van der Waals surface area (Å²) in [6.07, 6.45) is 0. The maximum absolute atomic E-state index is 5.75. The Morgan fingerprint density at radius 1 is 1.17 bits per heavy atom. The molecule has 0 fully saturated rings. The van der Waals surface area contributed by atoms with Crippen LogP contribution in [0.25, 0.3) is 0 Å². The maximum Gasteiger partial charge on any atom is 0.193 e. The van der Waals surface area contributed by atoms with Crippen LogP contribution >= 0.6 is 27.5 Å². The van der Waals surface area contributed by atoms with Gasteiger partial charge in [-0.25, -0.2) is 0 Å². The molecule has 0 radical (unpaired) electrons. The normalized spacial score (nSPS) is 11.8. The van der Waals surface area contributed by atoms with E-state index >= 15 is 0 Å². The lowest BCUT2D eigenvalue weighted by Crippen LogP contribution is -2.35. The van der Waals surface area contributed by atoms with Crippen LogP contribution in [0.15, 0.2) is 45.3 Å². The summed E-state index contributed by atoms with van der Waals surface area (Å²) in [4.78, 5) is 0. The summed E-state index contributed by atoms with van der Waals surface area (Å²) in [7, 11) is 0. The van der Waals surface area contributed by atoms with E-state index in [0.717, 1.165) is 10.2 Å². The monoisotopic (exact) mass is 327 g/mol. The Balaban J connectivity index is 2.04. The summed E-state index contributed by atoms with van der Waals surface area (Å²) in [6, 6.07) is 11.9. The van der Waals surface area contributed by atoms with Crippen LogP contribution < -0.4 is 5.32 Å². The largest absolute Gasteiger partial charge is 0.448 e. The van der Waals surface area contributed by atoms with Crippen molar-refractivity contribution in [3.63, 3.8) is 0 Å². The molecule has 1 N–H and O–H groups in total. The SMILES string of the molecule is CC(C)(NCc1ccc(Cl)o1)c1ccc(Br)cc1. The molecule has 2 aromatic rings. The van der Waals surface area contributed by atoms with Crippen molar-refractivity contribution in [1.29, 1.82) is 0 Å². The molecule has 1 heterocycles. The Morgan fingerprint density at radius 2 is 1.83 bits per heavy atom. The minimum Gasteiger partial charge on any atom is -0.448 e. The lowest BCUT2D eigenvalue weighted by molar-refractivity contribution is 0.371. The van der Waals surface area contributed by atoms with Gasteiger partial charge in [0.15, 0.2) is 5.22 Å². The zero-order valence-corrected chi connectivity index (χ0v) is 12.7. The molecule has 0 bridgehead atoms. The number of rotatable bonds is 4. The molecule has 0 saturated carbocycles. The minimum atomic E-state index is -0.125. The fraction of sp³-hybridized carbons (Fsp3) is 0.286. The molecule has 1 aromatic heterocycles. The standard InChI is InChI=1S/C14H15BrClNO/c1-14(2,10-3-5-11(15)6-4-10)17-9-12-7-8-13(16)18-12/h3-8,17H,9H2,1-2H3. The van der Waals surface area contributed by atoms with Crippen LogP contribution in [-0.2, 0) is 12.1 Å². The van der Waals surface area contributed by atoms with Gasteiger partial charge in [0, 0.05) is 10.0 Å². The first kappa shape index (κ1) is 13.7. The first-order valence-corrected chi connectivity index (χ1v) is 6.90. The van der Waals surface area contributed by atoms with Gasteiger partial charge in [-0.1, -0.05) is 28.1 Å². The lowest BCUT2D eigenvalue weighted by Gasteiger charge is -2.26. The van der Waals surface area contributed by atoms with E-state index in [9.17, 15) is 0 Å². The van der Waals surface area contributed by atoms with E-state index in [1.54, 1.807) is 6.07 Å². The Morgan fingerprint density at radius 3 is 2.39 bits per heavy atom. The first-order valence-electron chi connectivity index (χ1n) is 5.73. The fourth-order valence-electron chi connectivity index (χ4n) is 1.72. The molecule has 18 heavy (non-hydrogen) atoms. The van der Waals surface area contributed by atoms with E-state index in [-0.39, 0.29) is 5.54 Å². The van der Waals surface area contributed by atoms with E-state index in [2.05, 4.69) is 47.2 Å². The highest BCUT2D eigenvalue weighted by Gasteiger charge is 2.19. The number of furan rings is 1. The van der Waals surface area contributed by atoms with Crippen LogP contribution in [0.3, 0.4) is 0 Å². The molecule has 0 aliphatic carbocycles. The molecule has 1 aromatic carbocycles. The molecule has 2 rings (SSSR count). The van der Waals surface area contributed by atoms with Crippen LogP contribution in [0, 0.1) is 0 Å². The van der Waals surface area contributed by atoms with Gasteiger partial charge < -0.3 is 9.73 Å². The summed E-state index contributed by atoms with van der Waals surface area (Å²) in [6.45, 7) is 4.93. The van der Waals surface area contributed by atoms with Gasteiger partial charge in [0.05, 0.1) is 6.54 Å². The quantitative estimate of drug-likeness (QED) is 0.878. The lowest BCUT2D eigenvalue weighted by atomic mass is 9.94. The van der Waals surface area contributed by atoms with Crippen molar-refractivity contribution in [1.82, 2.24) is 5.32 Å². The molecule has 0 saturated heterocycles. The van der Waals surface area contributed by atoms with E-state index in [0.29, 0.717) is 11.8 Å². The van der Waals surface area contributed by atoms with Crippen molar-refractivity contribution in [3.8, 4) is 0 Å². The molecule has 0 spiro atoms. The maximum atomic E-state index is 5.75. The van der Waals surface area contributed by atoms with Crippen molar-refractivity contribution in [2.75, 3.05) is 0 Å².